The van der Waals surface area contributed by atoms with Gasteiger partial charge in [-0.2, -0.15) is 4.31 Å². The summed E-state index contributed by atoms with van der Waals surface area (Å²) in [6.45, 7) is 3.15. The van der Waals surface area contributed by atoms with Crippen LogP contribution in [0.4, 0.5) is 0 Å². The monoisotopic (exact) mass is 487 g/mol. The minimum absolute atomic E-state index is 0.0997. The second kappa shape index (κ2) is 10.5. The van der Waals surface area contributed by atoms with Gasteiger partial charge in [0, 0.05) is 32.2 Å². The molecule has 9 nitrogen and oxygen atoms in total. The second-order valence-corrected chi connectivity index (χ2v) is 12.4. The number of amides is 1. The quantitative estimate of drug-likeness (QED) is 0.593. The lowest BCUT2D eigenvalue weighted by Crippen LogP contribution is -2.51. The first kappa shape index (κ1) is 24.9. The topological polar surface area (TPSA) is 113 Å². The fourth-order valence-corrected chi connectivity index (χ4v) is 7.31. The highest BCUT2D eigenvalue weighted by Crippen LogP contribution is 2.24. The molecule has 0 radical (unpaired) electrons. The van der Waals surface area contributed by atoms with E-state index in [-0.39, 0.29) is 35.1 Å². The largest absolute Gasteiger partial charge is 0.497 e. The van der Waals surface area contributed by atoms with Gasteiger partial charge in [-0.25, -0.2) is 21.1 Å². The van der Waals surface area contributed by atoms with Crippen molar-refractivity contribution >= 4 is 26.0 Å². The first-order chi connectivity index (χ1) is 15.2. The highest BCUT2D eigenvalue weighted by molar-refractivity contribution is 7.89. The molecular weight excluding hydrogens is 454 g/mol. The standard InChI is InChI=1S/C21H33N3O6S2/c1-3-15-31(26,27)24-12-4-5-17(16-24)21(25)22-18-10-13-23(14-11-18)32(28,29)20-8-6-19(30-2)7-9-20/h6-9,17-18H,3-5,10-16H2,1-2H3,(H,22,25)/t17-/m1/s1. The number of piperidine rings is 2. The lowest BCUT2D eigenvalue weighted by molar-refractivity contribution is -0.127. The van der Waals surface area contributed by atoms with Crippen LogP contribution < -0.4 is 10.1 Å². The second-order valence-electron chi connectivity index (χ2n) is 8.38. The average Bonchev–Trinajstić information content (AvgIpc) is 2.79. The maximum absolute atomic E-state index is 12.9. The lowest BCUT2D eigenvalue weighted by atomic mass is 9.97. The van der Waals surface area contributed by atoms with Crippen LogP contribution >= 0.6 is 0 Å². The summed E-state index contributed by atoms with van der Waals surface area (Å²) >= 11 is 0. The molecule has 1 amide bonds. The maximum atomic E-state index is 12.9. The van der Waals surface area contributed by atoms with Gasteiger partial charge in [0.1, 0.15) is 5.75 Å². The lowest BCUT2D eigenvalue weighted by Gasteiger charge is -2.34. The SMILES string of the molecule is CCCS(=O)(=O)N1CCC[C@@H](C(=O)NC2CCN(S(=O)(=O)c3ccc(OC)cc3)CC2)C1. The van der Waals surface area contributed by atoms with E-state index >= 15 is 0 Å². The summed E-state index contributed by atoms with van der Waals surface area (Å²) < 4.78 is 58.4. The van der Waals surface area contributed by atoms with Gasteiger partial charge < -0.3 is 10.1 Å². The van der Waals surface area contributed by atoms with Gasteiger partial charge >= 0.3 is 0 Å². The molecule has 0 unspecified atom stereocenters. The van der Waals surface area contributed by atoms with Gasteiger partial charge in [-0.1, -0.05) is 6.92 Å². The van der Waals surface area contributed by atoms with Crippen LogP contribution in [0.25, 0.3) is 0 Å². The molecule has 3 rings (SSSR count). The van der Waals surface area contributed by atoms with Crippen molar-refractivity contribution in [3.8, 4) is 5.75 Å². The van der Waals surface area contributed by atoms with Crippen LogP contribution in [0, 0.1) is 5.92 Å². The molecule has 0 bridgehead atoms. The molecule has 0 aliphatic carbocycles. The number of ether oxygens (including phenoxy) is 1. The summed E-state index contributed by atoms with van der Waals surface area (Å²) in [6, 6.07) is 6.18. The van der Waals surface area contributed by atoms with Crippen LogP contribution in [0.5, 0.6) is 5.75 Å². The number of benzene rings is 1. The van der Waals surface area contributed by atoms with Crippen LogP contribution in [0.1, 0.15) is 39.0 Å². The number of nitrogens with zero attached hydrogens (tertiary/aromatic N) is 2. The molecule has 2 saturated heterocycles. The molecule has 1 N–H and O–H groups in total. The number of carbonyl (C=O) groups is 1. The molecule has 0 spiro atoms. The molecular formula is C21H33N3O6S2. The van der Waals surface area contributed by atoms with Gasteiger partial charge in [-0.05, 0) is 56.4 Å². The third-order valence-electron chi connectivity index (χ3n) is 6.11. The highest BCUT2D eigenvalue weighted by atomic mass is 32.2. The van der Waals surface area contributed by atoms with E-state index in [0.29, 0.717) is 57.5 Å². The normalized spacial score (nSPS) is 21.9. The van der Waals surface area contributed by atoms with Gasteiger partial charge in [0.05, 0.1) is 23.7 Å². The molecule has 1 aromatic carbocycles. The van der Waals surface area contributed by atoms with Crippen molar-refractivity contribution in [1.29, 1.82) is 0 Å². The summed E-state index contributed by atoms with van der Waals surface area (Å²) in [6.07, 6.45) is 2.92. The Morgan fingerprint density at radius 1 is 1.03 bits per heavy atom. The molecule has 2 heterocycles. The number of hydrogen-bond donors (Lipinski definition) is 1. The third kappa shape index (κ3) is 5.81. The smallest absolute Gasteiger partial charge is 0.243 e. The van der Waals surface area contributed by atoms with Crippen molar-refractivity contribution in [3.63, 3.8) is 0 Å². The zero-order valence-electron chi connectivity index (χ0n) is 18.7. The molecule has 1 aromatic rings. The fraction of sp³-hybridized carbons (Fsp3) is 0.667. The molecule has 180 valence electrons. The molecule has 11 heteroatoms. The Morgan fingerprint density at radius 3 is 2.28 bits per heavy atom. The number of rotatable bonds is 8. The minimum Gasteiger partial charge on any atom is -0.497 e. The van der Waals surface area contributed by atoms with Gasteiger partial charge in [-0.15, -0.1) is 0 Å². The van der Waals surface area contributed by atoms with Crippen LogP contribution in [-0.2, 0) is 24.8 Å². The number of carbonyl (C=O) groups excluding carboxylic acids is 1. The van der Waals surface area contributed by atoms with E-state index in [1.165, 1.54) is 27.9 Å². The Bertz CT molecular complexity index is 987. The van der Waals surface area contributed by atoms with E-state index in [2.05, 4.69) is 5.32 Å². The maximum Gasteiger partial charge on any atom is 0.243 e. The summed E-state index contributed by atoms with van der Waals surface area (Å²) in [5, 5.41) is 3.02. The molecule has 2 aliphatic rings. The number of nitrogens with one attached hydrogen (secondary N) is 1. The zero-order valence-corrected chi connectivity index (χ0v) is 20.3. The van der Waals surface area contributed by atoms with Crippen molar-refractivity contribution in [2.45, 2.75) is 50.0 Å². The number of methoxy groups -OCH3 is 1. The van der Waals surface area contributed by atoms with Crippen molar-refractivity contribution in [2.24, 2.45) is 5.92 Å². The fourth-order valence-electron chi connectivity index (χ4n) is 4.25. The third-order valence-corrected chi connectivity index (χ3v) is 10.1. The van der Waals surface area contributed by atoms with Crippen LogP contribution in [0.2, 0.25) is 0 Å². The van der Waals surface area contributed by atoms with Gasteiger partial charge in [-0.3, -0.25) is 4.79 Å². The van der Waals surface area contributed by atoms with Gasteiger partial charge in [0.2, 0.25) is 26.0 Å². The first-order valence-electron chi connectivity index (χ1n) is 11.1. The highest BCUT2D eigenvalue weighted by Gasteiger charge is 2.34. The van der Waals surface area contributed by atoms with Gasteiger partial charge in [0.25, 0.3) is 0 Å². The van der Waals surface area contributed by atoms with Crippen LogP contribution in [0.3, 0.4) is 0 Å². The van der Waals surface area contributed by atoms with Crippen molar-refractivity contribution in [1.82, 2.24) is 13.9 Å². The van der Waals surface area contributed by atoms with Crippen molar-refractivity contribution < 1.29 is 26.4 Å². The molecule has 0 saturated carbocycles. The average molecular weight is 488 g/mol. The van der Waals surface area contributed by atoms with Crippen LogP contribution in [-0.4, -0.2) is 76.4 Å². The minimum atomic E-state index is -3.60. The molecule has 32 heavy (non-hydrogen) atoms. The summed E-state index contributed by atoms with van der Waals surface area (Å²) in [5.41, 5.74) is 0. The Balaban J connectivity index is 1.53. The van der Waals surface area contributed by atoms with Gasteiger partial charge in [0.15, 0.2) is 0 Å². The van der Waals surface area contributed by atoms with E-state index in [1.54, 1.807) is 12.1 Å². The first-order valence-corrected chi connectivity index (χ1v) is 14.1. The Labute approximate surface area is 191 Å². The molecule has 2 aliphatic heterocycles. The number of hydrogen-bond acceptors (Lipinski definition) is 6. The predicted molar refractivity (Wildman–Crippen MR) is 121 cm³/mol. The zero-order chi connectivity index (χ0) is 23.4. The summed E-state index contributed by atoms with van der Waals surface area (Å²) in [4.78, 5) is 13.0. The Kier molecular flexibility index (Phi) is 8.18. The Morgan fingerprint density at radius 2 is 1.69 bits per heavy atom. The molecule has 0 aromatic heterocycles. The van der Waals surface area contributed by atoms with E-state index in [9.17, 15) is 21.6 Å². The Hall–Kier alpha value is -1.69. The van der Waals surface area contributed by atoms with E-state index < -0.39 is 20.0 Å². The van der Waals surface area contributed by atoms with E-state index in [1.807, 2.05) is 6.92 Å². The molecule has 2 fully saturated rings. The molecule has 1 atom stereocenters. The van der Waals surface area contributed by atoms with Crippen molar-refractivity contribution in [3.05, 3.63) is 24.3 Å². The van der Waals surface area contributed by atoms with E-state index in [0.717, 1.165) is 0 Å². The van der Waals surface area contributed by atoms with Crippen molar-refractivity contribution in [2.75, 3.05) is 39.0 Å². The number of sulfonamides is 2. The predicted octanol–water partition coefficient (Wildman–Crippen LogP) is 1.42. The summed E-state index contributed by atoms with van der Waals surface area (Å²) in [7, 11) is -5.39. The summed E-state index contributed by atoms with van der Waals surface area (Å²) in [5.74, 6) is 0.186. The van der Waals surface area contributed by atoms with Crippen LogP contribution in [0.15, 0.2) is 29.2 Å². The van der Waals surface area contributed by atoms with E-state index in [4.69, 9.17) is 4.74 Å².